The van der Waals surface area contributed by atoms with E-state index in [0.29, 0.717) is 6.04 Å². The van der Waals surface area contributed by atoms with Gasteiger partial charge in [-0.2, -0.15) is 0 Å². The summed E-state index contributed by atoms with van der Waals surface area (Å²) in [5, 5.41) is 0. The molecule has 118 valence electrons. The highest BCUT2D eigenvalue weighted by molar-refractivity contribution is 5.28. The number of hydrogen-bond acceptors (Lipinski definition) is 1. The molecule has 0 amide bonds. The Bertz CT molecular complexity index is 404. The fraction of sp³-hybridized carbons (Fsp3) is 0.700. The zero-order chi connectivity index (χ0) is 15.3. The molecule has 1 heteroatoms. The van der Waals surface area contributed by atoms with Crippen molar-refractivity contribution in [2.45, 2.75) is 83.6 Å². The first-order valence-electron chi connectivity index (χ1n) is 8.82. The monoisotopic (exact) mass is 287 g/mol. The van der Waals surface area contributed by atoms with Crippen molar-refractivity contribution < 1.29 is 0 Å². The van der Waals surface area contributed by atoms with Crippen LogP contribution in [0.25, 0.3) is 0 Å². The second kappa shape index (κ2) is 7.45. The van der Waals surface area contributed by atoms with Gasteiger partial charge in [0.15, 0.2) is 0 Å². The highest BCUT2D eigenvalue weighted by atomic mass is 14.6. The predicted octanol–water partition coefficient (Wildman–Crippen LogP) is 5.21. The van der Waals surface area contributed by atoms with E-state index in [1.165, 1.54) is 56.1 Å². The Morgan fingerprint density at radius 3 is 2.00 bits per heavy atom. The summed E-state index contributed by atoms with van der Waals surface area (Å²) in [6.07, 6.45) is 10.7. The van der Waals surface area contributed by atoms with Crippen LogP contribution >= 0.6 is 0 Å². The summed E-state index contributed by atoms with van der Waals surface area (Å²) in [6, 6.07) is 9.45. The summed E-state index contributed by atoms with van der Waals surface area (Å²) in [4.78, 5) is 0. The molecule has 0 spiro atoms. The Kier molecular flexibility index (Phi) is 5.87. The van der Waals surface area contributed by atoms with E-state index in [2.05, 4.69) is 45.0 Å². The number of nitrogens with two attached hydrogens (primary N) is 1. The molecule has 21 heavy (non-hydrogen) atoms. The molecule has 1 atom stereocenters. The normalized spacial score (nSPS) is 19.8. The largest absolute Gasteiger partial charge is 0.327 e. The second-order valence-corrected chi connectivity index (χ2v) is 7.92. The molecule has 0 aliphatic heterocycles. The van der Waals surface area contributed by atoms with Gasteiger partial charge in [0.05, 0.1) is 0 Å². The van der Waals surface area contributed by atoms with Crippen molar-refractivity contribution >= 4 is 0 Å². The van der Waals surface area contributed by atoms with Crippen molar-refractivity contribution in [3.63, 3.8) is 0 Å². The minimum Gasteiger partial charge on any atom is -0.327 e. The first-order chi connectivity index (χ1) is 9.97. The maximum atomic E-state index is 6.52. The summed E-state index contributed by atoms with van der Waals surface area (Å²) in [5.74, 6) is 0.729. The van der Waals surface area contributed by atoms with E-state index in [4.69, 9.17) is 5.73 Å². The molecule has 0 radical (unpaired) electrons. The Balaban J connectivity index is 1.93. The summed E-state index contributed by atoms with van der Waals surface area (Å²) >= 11 is 0. The van der Waals surface area contributed by atoms with Crippen molar-refractivity contribution in [1.29, 1.82) is 0 Å². The maximum absolute atomic E-state index is 6.52. The van der Waals surface area contributed by atoms with Gasteiger partial charge in [-0.15, -0.1) is 0 Å². The van der Waals surface area contributed by atoms with Crippen LogP contribution in [0.3, 0.4) is 0 Å². The summed E-state index contributed by atoms with van der Waals surface area (Å²) < 4.78 is 0. The smallest absolute Gasteiger partial charge is 0.0108 e. The second-order valence-electron chi connectivity index (χ2n) is 7.92. The number of rotatable bonds is 3. The average molecular weight is 287 g/mol. The van der Waals surface area contributed by atoms with Crippen LogP contribution < -0.4 is 5.73 Å². The lowest BCUT2D eigenvalue weighted by molar-refractivity contribution is 0.322. The van der Waals surface area contributed by atoms with Gasteiger partial charge in [0.25, 0.3) is 0 Å². The van der Waals surface area contributed by atoms with Gasteiger partial charge in [0.1, 0.15) is 0 Å². The van der Waals surface area contributed by atoms with Crippen molar-refractivity contribution in [2.24, 2.45) is 11.7 Å². The lowest BCUT2D eigenvalue weighted by atomic mass is 9.83. The summed E-state index contributed by atoms with van der Waals surface area (Å²) in [6.45, 7) is 6.80. The molecule has 0 heterocycles. The van der Waals surface area contributed by atoms with E-state index in [0.717, 1.165) is 12.3 Å². The van der Waals surface area contributed by atoms with Crippen LogP contribution in [0, 0.1) is 5.92 Å². The van der Waals surface area contributed by atoms with E-state index >= 15 is 0 Å². The first kappa shape index (κ1) is 16.5. The molecule has 1 aromatic rings. The highest BCUT2D eigenvalue weighted by Crippen LogP contribution is 2.26. The number of hydrogen-bond donors (Lipinski definition) is 1. The molecule has 2 N–H and O–H groups in total. The Hall–Kier alpha value is -0.820. The molecular formula is C20H33N. The summed E-state index contributed by atoms with van der Waals surface area (Å²) in [5.41, 5.74) is 9.57. The quantitative estimate of drug-likeness (QED) is 0.811. The third-order valence-electron chi connectivity index (χ3n) is 5.05. The van der Waals surface area contributed by atoms with E-state index in [9.17, 15) is 0 Å². The van der Waals surface area contributed by atoms with Gasteiger partial charge < -0.3 is 5.73 Å². The molecule has 1 aromatic carbocycles. The minimum absolute atomic E-state index is 0.236. The standard InChI is InChI=1S/C20H33N/c1-20(2,3)18-13-11-16(12-14-18)15-19(21)17-9-7-5-4-6-8-10-17/h11-14,17,19H,4-10,15,21H2,1-3H3. The molecule has 1 fully saturated rings. The van der Waals surface area contributed by atoms with Crippen molar-refractivity contribution in [3.05, 3.63) is 35.4 Å². The van der Waals surface area contributed by atoms with Gasteiger partial charge in [-0.05, 0) is 41.7 Å². The Labute approximate surface area is 131 Å². The topological polar surface area (TPSA) is 26.0 Å². The number of benzene rings is 1. The van der Waals surface area contributed by atoms with Crippen molar-refractivity contribution in [3.8, 4) is 0 Å². The third kappa shape index (κ3) is 5.14. The van der Waals surface area contributed by atoms with Crippen molar-refractivity contribution in [2.75, 3.05) is 0 Å². The van der Waals surface area contributed by atoms with E-state index in [-0.39, 0.29) is 5.41 Å². The molecule has 1 aliphatic rings. The molecule has 0 bridgehead atoms. The van der Waals surface area contributed by atoms with E-state index in [1.807, 2.05) is 0 Å². The van der Waals surface area contributed by atoms with E-state index in [1.54, 1.807) is 0 Å². The lowest BCUT2D eigenvalue weighted by Gasteiger charge is -2.26. The zero-order valence-electron chi connectivity index (χ0n) is 14.2. The minimum atomic E-state index is 0.236. The van der Waals surface area contributed by atoms with Crippen LogP contribution in [0.1, 0.15) is 76.8 Å². The molecule has 0 saturated heterocycles. The molecule has 0 aromatic heterocycles. The molecule has 1 aliphatic carbocycles. The van der Waals surface area contributed by atoms with Gasteiger partial charge in [-0.1, -0.05) is 77.1 Å². The van der Waals surface area contributed by atoms with Gasteiger partial charge in [0, 0.05) is 6.04 Å². The Morgan fingerprint density at radius 2 is 1.48 bits per heavy atom. The lowest BCUT2D eigenvalue weighted by Crippen LogP contribution is -2.32. The van der Waals surface area contributed by atoms with Gasteiger partial charge in [-0.25, -0.2) is 0 Å². The van der Waals surface area contributed by atoms with Gasteiger partial charge in [0.2, 0.25) is 0 Å². The third-order valence-corrected chi connectivity index (χ3v) is 5.05. The van der Waals surface area contributed by atoms with Crippen molar-refractivity contribution in [1.82, 2.24) is 0 Å². The van der Waals surface area contributed by atoms with Gasteiger partial charge in [-0.3, -0.25) is 0 Å². The maximum Gasteiger partial charge on any atom is 0.0108 e. The molecule has 1 nitrogen and oxygen atoms in total. The summed E-state index contributed by atoms with van der Waals surface area (Å²) in [7, 11) is 0. The van der Waals surface area contributed by atoms with Gasteiger partial charge >= 0.3 is 0 Å². The van der Waals surface area contributed by atoms with Crippen LogP contribution in [0.15, 0.2) is 24.3 Å². The molecule has 2 rings (SSSR count). The molecule has 1 unspecified atom stereocenters. The predicted molar refractivity (Wildman–Crippen MR) is 92.6 cm³/mol. The molecular weight excluding hydrogens is 254 g/mol. The van der Waals surface area contributed by atoms with Crippen LogP contribution in [0.2, 0.25) is 0 Å². The zero-order valence-corrected chi connectivity index (χ0v) is 14.2. The Morgan fingerprint density at radius 1 is 0.952 bits per heavy atom. The average Bonchev–Trinajstić information content (AvgIpc) is 2.37. The van der Waals surface area contributed by atoms with Crippen LogP contribution in [-0.4, -0.2) is 6.04 Å². The SMILES string of the molecule is CC(C)(C)c1ccc(CC(N)C2CCCCCCC2)cc1. The fourth-order valence-electron chi connectivity index (χ4n) is 3.50. The van der Waals surface area contributed by atoms with Crippen LogP contribution in [-0.2, 0) is 11.8 Å². The van der Waals surface area contributed by atoms with Crippen LogP contribution in [0.5, 0.6) is 0 Å². The molecule has 1 saturated carbocycles. The van der Waals surface area contributed by atoms with Crippen LogP contribution in [0.4, 0.5) is 0 Å². The first-order valence-corrected chi connectivity index (χ1v) is 8.82. The fourth-order valence-corrected chi connectivity index (χ4v) is 3.50. The van der Waals surface area contributed by atoms with E-state index < -0.39 is 0 Å². The highest BCUT2D eigenvalue weighted by Gasteiger charge is 2.19.